The van der Waals surface area contributed by atoms with Crippen molar-refractivity contribution >= 4 is 11.7 Å². The standard InChI is InChI=1S/C14H22N2O2/c1-4-11(2)16(3)10-9-15-13-7-5-12(6-8-13)14(17)18/h5-8,11,15H,4,9-10H2,1-3H3,(H,17,18). The minimum absolute atomic E-state index is 0.317. The minimum atomic E-state index is -0.891. The van der Waals surface area contributed by atoms with Gasteiger partial charge in [0.1, 0.15) is 0 Å². The van der Waals surface area contributed by atoms with Crippen LogP contribution in [0, 0.1) is 0 Å². The topological polar surface area (TPSA) is 52.6 Å². The van der Waals surface area contributed by atoms with E-state index in [1.807, 2.05) is 0 Å². The van der Waals surface area contributed by atoms with Gasteiger partial charge in [0.05, 0.1) is 5.56 Å². The van der Waals surface area contributed by atoms with E-state index >= 15 is 0 Å². The molecule has 0 aliphatic heterocycles. The molecular formula is C14H22N2O2. The van der Waals surface area contributed by atoms with Crippen LogP contribution in [0.5, 0.6) is 0 Å². The molecule has 0 spiro atoms. The van der Waals surface area contributed by atoms with E-state index in [9.17, 15) is 4.79 Å². The zero-order chi connectivity index (χ0) is 13.5. The summed E-state index contributed by atoms with van der Waals surface area (Å²) in [5, 5.41) is 12.1. The molecule has 18 heavy (non-hydrogen) atoms. The van der Waals surface area contributed by atoms with Gasteiger partial charge in [-0.2, -0.15) is 0 Å². The predicted molar refractivity (Wildman–Crippen MR) is 74.3 cm³/mol. The molecule has 4 nitrogen and oxygen atoms in total. The summed E-state index contributed by atoms with van der Waals surface area (Å²) in [7, 11) is 2.11. The second-order valence-electron chi connectivity index (χ2n) is 4.55. The number of hydrogen-bond acceptors (Lipinski definition) is 3. The summed E-state index contributed by atoms with van der Waals surface area (Å²) in [6, 6.07) is 7.41. The van der Waals surface area contributed by atoms with Crippen molar-refractivity contribution in [2.75, 3.05) is 25.5 Å². The van der Waals surface area contributed by atoms with Gasteiger partial charge < -0.3 is 15.3 Å². The van der Waals surface area contributed by atoms with Gasteiger partial charge in [0.15, 0.2) is 0 Å². The van der Waals surface area contributed by atoms with Crippen molar-refractivity contribution in [2.45, 2.75) is 26.3 Å². The Morgan fingerprint density at radius 3 is 2.50 bits per heavy atom. The summed E-state index contributed by atoms with van der Waals surface area (Å²) >= 11 is 0. The van der Waals surface area contributed by atoms with Gasteiger partial charge in [0, 0.05) is 24.8 Å². The number of nitrogens with one attached hydrogen (secondary N) is 1. The minimum Gasteiger partial charge on any atom is -0.478 e. The van der Waals surface area contributed by atoms with Crippen LogP contribution in [0.25, 0.3) is 0 Å². The van der Waals surface area contributed by atoms with Crippen LogP contribution in [0.2, 0.25) is 0 Å². The highest BCUT2D eigenvalue weighted by atomic mass is 16.4. The normalized spacial score (nSPS) is 12.4. The lowest BCUT2D eigenvalue weighted by atomic mass is 10.2. The molecule has 0 aliphatic carbocycles. The van der Waals surface area contributed by atoms with Crippen LogP contribution in [0.15, 0.2) is 24.3 Å². The molecule has 0 saturated heterocycles. The molecule has 1 aromatic rings. The second-order valence-corrected chi connectivity index (χ2v) is 4.55. The summed E-state index contributed by atoms with van der Waals surface area (Å²) in [4.78, 5) is 13.0. The van der Waals surface area contributed by atoms with Crippen molar-refractivity contribution < 1.29 is 9.90 Å². The second kappa shape index (κ2) is 7.01. The summed E-state index contributed by atoms with van der Waals surface area (Å²) < 4.78 is 0. The summed E-state index contributed by atoms with van der Waals surface area (Å²) in [6.07, 6.45) is 1.14. The molecule has 1 unspecified atom stereocenters. The lowest BCUT2D eigenvalue weighted by molar-refractivity contribution is 0.0697. The van der Waals surface area contributed by atoms with E-state index < -0.39 is 5.97 Å². The zero-order valence-electron chi connectivity index (χ0n) is 11.3. The maximum Gasteiger partial charge on any atom is 0.335 e. The van der Waals surface area contributed by atoms with Gasteiger partial charge >= 0.3 is 5.97 Å². The SMILES string of the molecule is CCC(C)N(C)CCNc1ccc(C(=O)O)cc1. The molecule has 0 radical (unpaired) electrons. The molecule has 0 fully saturated rings. The van der Waals surface area contributed by atoms with Gasteiger partial charge in [-0.15, -0.1) is 0 Å². The highest BCUT2D eigenvalue weighted by molar-refractivity contribution is 5.87. The Kier molecular flexibility index (Phi) is 5.65. The maximum atomic E-state index is 10.7. The molecular weight excluding hydrogens is 228 g/mol. The van der Waals surface area contributed by atoms with E-state index in [1.54, 1.807) is 24.3 Å². The van der Waals surface area contributed by atoms with Crippen LogP contribution in [-0.2, 0) is 0 Å². The monoisotopic (exact) mass is 250 g/mol. The quantitative estimate of drug-likeness (QED) is 0.781. The molecule has 100 valence electrons. The number of carbonyl (C=O) groups is 1. The first-order chi connectivity index (χ1) is 8.54. The highest BCUT2D eigenvalue weighted by Crippen LogP contribution is 2.09. The lowest BCUT2D eigenvalue weighted by Gasteiger charge is -2.23. The zero-order valence-corrected chi connectivity index (χ0v) is 11.3. The van der Waals surface area contributed by atoms with Gasteiger partial charge in [-0.25, -0.2) is 4.79 Å². The summed E-state index contributed by atoms with van der Waals surface area (Å²) in [6.45, 7) is 6.21. The van der Waals surface area contributed by atoms with E-state index in [0.29, 0.717) is 11.6 Å². The molecule has 0 aromatic heterocycles. The predicted octanol–water partition coefficient (Wildman–Crippen LogP) is 2.53. The van der Waals surface area contributed by atoms with Crippen molar-refractivity contribution in [3.05, 3.63) is 29.8 Å². The molecule has 1 atom stereocenters. The van der Waals surface area contributed by atoms with Gasteiger partial charge in [-0.1, -0.05) is 6.92 Å². The number of hydrogen-bond donors (Lipinski definition) is 2. The lowest BCUT2D eigenvalue weighted by Crippen LogP contribution is -2.32. The Hall–Kier alpha value is -1.55. The maximum absolute atomic E-state index is 10.7. The number of carboxylic acid groups (broad SMARTS) is 1. The van der Waals surface area contributed by atoms with Crippen molar-refractivity contribution in [3.8, 4) is 0 Å². The number of aromatic carboxylic acids is 1. The number of rotatable bonds is 7. The van der Waals surface area contributed by atoms with E-state index in [-0.39, 0.29) is 0 Å². The van der Waals surface area contributed by atoms with Crippen LogP contribution < -0.4 is 5.32 Å². The third kappa shape index (κ3) is 4.37. The Labute approximate surface area is 109 Å². The van der Waals surface area contributed by atoms with Crippen LogP contribution in [0.3, 0.4) is 0 Å². The molecule has 0 aliphatic rings. The number of carboxylic acids is 1. The Morgan fingerprint density at radius 2 is 2.00 bits per heavy atom. The van der Waals surface area contributed by atoms with E-state index in [4.69, 9.17) is 5.11 Å². The van der Waals surface area contributed by atoms with E-state index in [1.165, 1.54) is 0 Å². The molecule has 4 heteroatoms. The van der Waals surface area contributed by atoms with Crippen LogP contribution in [0.1, 0.15) is 30.6 Å². The average Bonchev–Trinajstić information content (AvgIpc) is 2.38. The summed E-state index contributed by atoms with van der Waals surface area (Å²) in [5.74, 6) is -0.891. The average molecular weight is 250 g/mol. The Bertz CT molecular complexity index is 376. The highest BCUT2D eigenvalue weighted by Gasteiger charge is 2.05. The molecule has 0 heterocycles. The van der Waals surface area contributed by atoms with Crippen molar-refractivity contribution in [1.29, 1.82) is 0 Å². The number of anilines is 1. The fourth-order valence-electron chi connectivity index (χ4n) is 1.64. The summed E-state index contributed by atoms with van der Waals surface area (Å²) in [5.41, 5.74) is 1.27. The van der Waals surface area contributed by atoms with Crippen LogP contribution >= 0.6 is 0 Å². The molecule has 0 amide bonds. The molecule has 2 N–H and O–H groups in total. The molecule has 0 saturated carbocycles. The van der Waals surface area contributed by atoms with Gasteiger partial charge in [0.2, 0.25) is 0 Å². The number of benzene rings is 1. The van der Waals surface area contributed by atoms with Crippen molar-refractivity contribution in [3.63, 3.8) is 0 Å². The van der Waals surface area contributed by atoms with Crippen molar-refractivity contribution in [1.82, 2.24) is 4.90 Å². The number of nitrogens with zero attached hydrogens (tertiary/aromatic N) is 1. The Morgan fingerprint density at radius 1 is 1.39 bits per heavy atom. The molecule has 0 bridgehead atoms. The third-order valence-corrected chi connectivity index (χ3v) is 3.27. The van der Waals surface area contributed by atoms with E-state index in [0.717, 1.165) is 25.2 Å². The first-order valence-electron chi connectivity index (χ1n) is 6.32. The number of likely N-dealkylation sites (N-methyl/N-ethyl adjacent to an activating group) is 1. The smallest absolute Gasteiger partial charge is 0.335 e. The largest absolute Gasteiger partial charge is 0.478 e. The fourth-order valence-corrected chi connectivity index (χ4v) is 1.64. The first kappa shape index (κ1) is 14.5. The van der Waals surface area contributed by atoms with Crippen LogP contribution in [-0.4, -0.2) is 42.2 Å². The first-order valence-corrected chi connectivity index (χ1v) is 6.32. The van der Waals surface area contributed by atoms with Gasteiger partial charge in [0.25, 0.3) is 0 Å². The third-order valence-electron chi connectivity index (χ3n) is 3.27. The van der Waals surface area contributed by atoms with E-state index in [2.05, 4.69) is 31.1 Å². The van der Waals surface area contributed by atoms with Crippen molar-refractivity contribution in [2.24, 2.45) is 0 Å². The fraction of sp³-hybridized carbons (Fsp3) is 0.500. The Balaban J connectivity index is 2.38. The van der Waals surface area contributed by atoms with Crippen LogP contribution in [0.4, 0.5) is 5.69 Å². The molecule has 1 rings (SSSR count). The molecule has 1 aromatic carbocycles. The van der Waals surface area contributed by atoms with Gasteiger partial charge in [-0.3, -0.25) is 0 Å². The van der Waals surface area contributed by atoms with Gasteiger partial charge in [-0.05, 0) is 44.7 Å².